The van der Waals surface area contributed by atoms with E-state index in [9.17, 15) is 8.42 Å². The molecule has 0 amide bonds. The van der Waals surface area contributed by atoms with Crippen LogP contribution in [0.3, 0.4) is 0 Å². The largest absolute Gasteiger partial charge is 0.447 e. The zero-order valence-corrected chi connectivity index (χ0v) is 12.4. The molecule has 0 bridgehead atoms. The minimum absolute atomic E-state index is 0.112. The van der Waals surface area contributed by atoms with Gasteiger partial charge in [-0.3, -0.25) is 0 Å². The Labute approximate surface area is 117 Å². The molecule has 2 rings (SSSR count). The highest BCUT2D eigenvalue weighted by atomic mass is 79.9. The molecule has 0 saturated carbocycles. The maximum absolute atomic E-state index is 11.9. The zero-order chi connectivity index (χ0) is 13.2. The van der Waals surface area contributed by atoms with Crippen molar-refractivity contribution in [2.24, 2.45) is 5.73 Å². The highest BCUT2D eigenvalue weighted by Crippen LogP contribution is 2.22. The van der Waals surface area contributed by atoms with Gasteiger partial charge in [-0.15, -0.1) is 11.3 Å². The highest BCUT2D eigenvalue weighted by Gasteiger charge is 2.18. The first-order valence-electron chi connectivity index (χ1n) is 5.04. The quantitative estimate of drug-likeness (QED) is 0.863. The van der Waals surface area contributed by atoms with Crippen molar-refractivity contribution in [2.45, 2.75) is 18.2 Å². The Morgan fingerprint density at radius 1 is 1.33 bits per heavy atom. The Bertz CT molecular complexity index is 633. The molecule has 0 saturated heterocycles. The van der Waals surface area contributed by atoms with Crippen molar-refractivity contribution in [2.75, 3.05) is 0 Å². The molecule has 5 nitrogen and oxygen atoms in total. The summed E-state index contributed by atoms with van der Waals surface area (Å²) in [5, 5.41) is -0.112. The Hall–Kier alpha value is -0.670. The predicted octanol–water partition coefficient (Wildman–Crippen LogP) is 2.04. The minimum atomic E-state index is -3.62. The molecule has 0 aliphatic heterocycles. The van der Waals surface area contributed by atoms with Crippen LogP contribution in [-0.2, 0) is 23.1 Å². The molecule has 0 fully saturated rings. The maximum atomic E-state index is 11.9. The van der Waals surface area contributed by atoms with Gasteiger partial charge in [0.1, 0.15) is 5.76 Å². The number of nitrogens with two attached hydrogens (primary N) is 1. The number of rotatable bonds is 5. The van der Waals surface area contributed by atoms with Crippen LogP contribution < -0.4 is 10.5 Å². The Morgan fingerprint density at radius 2 is 2.11 bits per heavy atom. The van der Waals surface area contributed by atoms with Crippen molar-refractivity contribution in [1.29, 1.82) is 0 Å². The molecule has 0 radical (unpaired) electrons. The van der Waals surface area contributed by atoms with E-state index in [1.807, 2.05) is 12.1 Å². The van der Waals surface area contributed by atoms with Crippen molar-refractivity contribution in [3.63, 3.8) is 0 Å². The van der Waals surface area contributed by atoms with E-state index in [1.54, 1.807) is 6.07 Å². The van der Waals surface area contributed by atoms with Gasteiger partial charge in [-0.2, -0.15) is 0 Å². The number of nitrogens with one attached hydrogen (secondary N) is 1. The van der Waals surface area contributed by atoms with Gasteiger partial charge in [0.05, 0.1) is 10.3 Å². The topological polar surface area (TPSA) is 85.3 Å². The van der Waals surface area contributed by atoms with E-state index in [1.165, 1.54) is 17.4 Å². The summed E-state index contributed by atoms with van der Waals surface area (Å²) < 4.78 is 32.3. The van der Waals surface area contributed by atoms with Gasteiger partial charge in [-0.05, 0) is 40.2 Å². The van der Waals surface area contributed by atoms with Crippen LogP contribution in [0.1, 0.15) is 10.6 Å². The van der Waals surface area contributed by atoms with Crippen molar-refractivity contribution in [3.05, 3.63) is 38.7 Å². The van der Waals surface area contributed by atoms with Crippen LogP contribution in [0.15, 0.2) is 37.6 Å². The molecule has 2 heterocycles. The fraction of sp³-hybridized carbons (Fsp3) is 0.200. The van der Waals surface area contributed by atoms with Crippen LogP contribution in [0, 0.1) is 0 Å². The molecule has 18 heavy (non-hydrogen) atoms. The first-order chi connectivity index (χ1) is 8.51. The molecule has 0 aromatic carbocycles. The second-order valence-corrected chi connectivity index (χ2v) is 7.70. The van der Waals surface area contributed by atoms with E-state index in [0.29, 0.717) is 5.76 Å². The summed E-state index contributed by atoms with van der Waals surface area (Å²) in [5.41, 5.74) is 5.36. The van der Waals surface area contributed by atoms with Gasteiger partial charge in [-0.1, -0.05) is 0 Å². The molecule has 98 valence electrons. The Kier molecular flexibility index (Phi) is 4.23. The lowest BCUT2D eigenvalue weighted by Gasteiger charge is -2.02. The smallest absolute Gasteiger partial charge is 0.274 e. The molecule has 0 unspecified atom stereocenters. The third-order valence-electron chi connectivity index (χ3n) is 2.17. The number of thiophene rings is 1. The van der Waals surface area contributed by atoms with Gasteiger partial charge in [0, 0.05) is 11.4 Å². The summed E-state index contributed by atoms with van der Waals surface area (Å²) in [6.45, 7) is 0.407. The van der Waals surface area contributed by atoms with E-state index in [4.69, 9.17) is 10.2 Å². The van der Waals surface area contributed by atoms with Crippen molar-refractivity contribution in [3.8, 4) is 0 Å². The van der Waals surface area contributed by atoms with Crippen LogP contribution in [-0.4, -0.2) is 8.42 Å². The van der Waals surface area contributed by atoms with E-state index in [0.717, 1.165) is 8.66 Å². The van der Waals surface area contributed by atoms with Crippen molar-refractivity contribution >= 4 is 37.3 Å². The molecular weight excluding hydrogens is 340 g/mol. The maximum Gasteiger partial charge on any atom is 0.274 e. The second kappa shape index (κ2) is 5.54. The van der Waals surface area contributed by atoms with Gasteiger partial charge >= 0.3 is 0 Å². The first-order valence-corrected chi connectivity index (χ1v) is 8.13. The fourth-order valence-corrected chi connectivity index (χ4v) is 3.76. The Balaban J connectivity index is 2.07. The fourth-order valence-electron chi connectivity index (χ4n) is 1.30. The lowest BCUT2D eigenvalue weighted by Crippen LogP contribution is -2.22. The average molecular weight is 351 g/mol. The van der Waals surface area contributed by atoms with Crippen molar-refractivity contribution < 1.29 is 12.8 Å². The number of sulfonamides is 1. The lowest BCUT2D eigenvalue weighted by molar-refractivity contribution is 0.413. The van der Waals surface area contributed by atoms with Crippen LogP contribution in [0.25, 0.3) is 0 Å². The molecule has 2 aromatic rings. The second-order valence-electron chi connectivity index (χ2n) is 3.46. The predicted molar refractivity (Wildman–Crippen MR) is 72.6 cm³/mol. The number of hydrogen-bond acceptors (Lipinski definition) is 5. The first kappa shape index (κ1) is 13.8. The SMILES string of the molecule is NCc1ccc(S(=O)(=O)NCc2ccc(Br)s2)o1. The number of furan rings is 1. The molecule has 3 N–H and O–H groups in total. The van der Waals surface area contributed by atoms with E-state index in [2.05, 4.69) is 20.7 Å². The van der Waals surface area contributed by atoms with Crippen LogP contribution in [0.2, 0.25) is 0 Å². The number of halogens is 1. The summed E-state index contributed by atoms with van der Waals surface area (Å²) in [4.78, 5) is 0.913. The monoisotopic (exact) mass is 350 g/mol. The van der Waals surface area contributed by atoms with Gasteiger partial charge in [0.2, 0.25) is 5.09 Å². The minimum Gasteiger partial charge on any atom is -0.447 e. The molecule has 8 heteroatoms. The summed E-state index contributed by atoms with van der Waals surface area (Å²) >= 11 is 4.79. The molecular formula is C10H11BrN2O3S2. The summed E-state index contributed by atoms with van der Waals surface area (Å²) in [6, 6.07) is 6.67. The standard InChI is InChI=1S/C10H11BrN2O3S2/c11-9-3-2-8(17-9)6-13-18(14,15)10-4-1-7(5-12)16-10/h1-4,13H,5-6,12H2. The van der Waals surface area contributed by atoms with Crippen LogP contribution >= 0.6 is 27.3 Å². The van der Waals surface area contributed by atoms with Gasteiger partial charge < -0.3 is 10.2 Å². The molecule has 0 atom stereocenters. The highest BCUT2D eigenvalue weighted by molar-refractivity contribution is 9.11. The van der Waals surface area contributed by atoms with Gasteiger partial charge in [0.15, 0.2) is 0 Å². The normalized spacial score (nSPS) is 11.9. The van der Waals surface area contributed by atoms with E-state index >= 15 is 0 Å². The molecule has 0 aliphatic carbocycles. The van der Waals surface area contributed by atoms with Gasteiger partial charge in [0.25, 0.3) is 10.0 Å². The third-order valence-corrected chi connectivity index (χ3v) is 5.07. The molecule has 0 aliphatic rings. The Morgan fingerprint density at radius 3 is 2.67 bits per heavy atom. The lowest BCUT2D eigenvalue weighted by atomic mass is 10.5. The molecule has 0 spiro atoms. The van der Waals surface area contributed by atoms with Crippen molar-refractivity contribution in [1.82, 2.24) is 4.72 Å². The third kappa shape index (κ3) is 3.21. The van der Waals surface area contributed by atoms with Crippen LogP contribution in [0.4, 0.5) is 0 Å². The average Bonchev–Trinajstić information content (AvgIpc) is 2.95. The van der Waals surface area contributed by atoms with E-state index in [-0.39, 0.29) is 18.2 Å². The summed E-state index contributed by atoms with van der Waals surface area (Å²) in [6.07, 6.45) is 0. The van der Waals surface area contributed by atoms with Crippen LogP contribution in [0.5, 0.6) is 0 Å². The molecule has 2 aromatic heterocycles. The summed E-state index contributed by atoms with van der Waals surface area (Å²) in [7, 11) is -3.62. The van der Waals surface area contributed by atoms with E-state index < -0.39 is 10.0 Å². The summed E-state index contributed by atoms with van der Waals surface area (Å²) in [5.74, 6) is 0.439. The zero-order valence-electron chi connectivity index (χ0n) is 9.22. The number of hydrogen-bond donors (Lipinski definition) is 2. The van der Waals surface area contributed by atoms with Gasteiger partial charge in [-0.25, -0.2) is 13.1 Å².